The van der Waals surface area contributed by atoms with E-state index >= 15 is 0 Å². The van der Waals surface area contributed by atoms with Gasteiger partial charge in [0.25, 0.3) is 0 Å². The second-order valence-electron chi connectivity index (χ2n) is 7.29. The van der Waals surface area contributed by atoms with Crippen molar-refractivity contribution in [3.63, 3.8) is 0 Å². The standard InChI is InChI=1S/C23H24N6O/c1-27(2)20-10-8-18(9-11-20)16-29-22(12-13-24-29)26-23(30)14-19-15-25-28(17-19)21-6-4-3-5-7-21/h3-13,15,17H,14,16H2,1-2H3,(H,26,30). The van der Waals surface area contributed by atoms with Gasteiger partial charge in [0, 0.05) is 32.0 Å². The van der Waals surface area contributed by atoms with Gasteiger partial charge in [-0.05, 0) is 35.4 Å². The van der Waals surface area contributed by atoms with Gasteiger partial charge in [-0.15, -0.1) is 0 Å². The van der Waals surface area contributed by atoms with Crippen molar-refractivity contribution < 1.29 is 4.79 Å². The predicted octanol–water partition coefficient (Wildman–Crippen LogP) is 3.36. The van der Waals surface area contributed by atoms with Gasteiger partial charge < -0.3 is 10.2 Å². The number of nitrogens with one attached hydrogen (secondary N) is 1. The molecule has 0 aliphatic carbocycles. The zero-order chi connectivity index (χ0) is 20.9. The average molecular weight is 400 g/mol. The van der Waals surface area contributed by atoms with Crippen molar-refractivity contribution in [1.82, 2.24) is 19.6 Å². The highest BCUT2D eigenvalue weighted by atomic mass is 16.1. The summed E-state index contributed by atoms with van der Waals surface area (Å²) in [5, 5.41) is 11.6. The SMILES string of the molecule is CN(C)c1ccc(Cn2nccc2NC(=O)Cc2cnn(-c3ccccc3)c2)cc1. The number of carbonyl (C=O) groups is 1. The summed E-state index contributed by atoms with van der Waals surface area (Å²) in [6.07, 6.45) is 5.53. The van der Waals surface area contributed by atoms with Gasteiger partial charge in [-0.3, -0.25) is 4.79 Å². The summed E-state index contributed by atoms with van der Waals surface area (Å²) in [6, 6.07) is 19.9. The van der Waals surface area contributed by atoms with E-state index in [-0.39, 0.29) is 12.3 Å². The molecular formula is C23H24N6O. The van der Waals surface area contributed by atoms with E-state index in [0.717, 1.165) is 22.5 Å². The Bertz CT molecular complexity index is 1110. The van der Waals surface area contributed by atoms with Crippen LogP contribution in [0.15, 0.2) is 79.3 Å². The minimum atomic E-state index is -0.104. The van der Waals surface area contributed by atoms with Crippen molar-refractivity contribution in [1.29, 1.82) is 0 Å². The maximum atomic E-state index is 12.6. The van der Waals surface area contributed by atoms with Crippen molar-refractivity contribution >= 4 is 17.4 Å². The first-order valence-corrected chi connectivity index (χ1v) is 9.75. The van der Waals surface area contributed by atoms with Crippen LogP contribution in [0.4, 0.5) is 11.5 Å². The Morgan fingerprint density at radius 2 is 1.73 bits per heavy atom. The topological polar surface area (TPSA) is 68.0 Å². The van der Waals surface area contributed by atoms with Crippen LogP contribution in [0.3, 0.4) is 0 Å². The van der Waals surface area contributed by atoms with Gasteiger partial charge >= 0.3 is 0 Å². The molecule has 2 heterocycles. The smallest absolute Gasteiger partial charge is 0.230 e. The highest BCUT2D eigenvalue weighted by Gasteiger charge is 2.11. The summed E-state index contributed by atoms with van der Waals surface area (Å²) in [6.45, 7) is 0.586. The van der Waals surface area contributed by atoms with Crippen LogP contribution < -0.4 is 10.2 Å². The molecule has 7 heteroatoms. The van der Waals surface area contributed by atoms with Crippen LogP contribution in [-0.4, -0.2) is 39.6 Å². The second kappa shape index (κ2) is 8.65. The number of carbonyl (C=O) groups excluding carboxylic acids is 1. The second-order valence-corrected chi connectivity index (χ2v) is 7.29. The van der Waals surface area contributed by atoms with E-state index < -0.39 is 0 Å². The molecule has 2 aromatic heterocycles. The molecular weight excluding hydrogens is 376 g/mol. The lowest BCUT2D eigenvalue weighted by Crippen LogP contribution is -2.18. The Morgan fingerprint density at radius 3 is 2.47 bits per heavy atom. The highest BCUT2D eigenvalue weighted by Crippen LogP contribution is 2.16. The molecule has 0 saturated carbocycles. The van der Waals surface area contributed by atoms with E-state index in [1.807, 2.05) is 50.6 Å². The summed E-state index contributed by atoms with van der Waals surface area (Å²) in [5.74, 6) is 0.569. The quantitative estimate of drug-likeness (QED) is 0.517. The van der Waals surface area contributed by atoms with Gasteiger partial charge in [0.2, 0.25) is 5.91 Å². The number of anilines is 2. The van der Waals surface area contributed by atoms with Crippen LogP contribution in [0.5, 0.6) is 0 Å². The van der Waals surface area contributed by atoms with Crippen LogP contribution in [0.2, 0.25) is 0 Å². The lowest BCUT2D eigenvalue weighted by molar-refractivity contribution is -0.115. The van der Waals surface area contributed by atoms with Gasteiger partial charge in [0.15, 0.2) is 0 Å². The molecule has 1 amide bonds. The summed E-state index contributed by atoms with van der Waals surface area (Å²) >= 11 is 0. The Kier molecular flexibility index (Phi) is 5.61. The van der Waals surface area contributed by atoms with Crippen molar-refractivity contribution in [2.75, 3.05) is 24.3 Å². The van der Waals surface area contributed by atoms with Gasteiger partial charge in [-0.25, -0.2) is 9.36 Å². The number of aromatic nitrogens is 4. The molecule has 7 nitrogen and oxygen atoms in total. The number of rotatable bonds is 7. The van der Waals surface area contributed by atoms with E-state index in [0.29, 0.717) is 12.4 Å². The molecule has 0 unspecified atom stereocenters. The molecule has 30 heavy (non-hydrogen) atoms. The molecule has 0 spiro atoms. The molecule has 4 aromatic rings. The van der Waals surface area contributed by atoms with E-state index in [1.165, 1.54) is 0 Å². The third kappa shape index (κ3) is 4.57. The molecule has 152 valence electrons. The van der Waals surface area contributed by atoms with Crippen LogP contribution in [0.25, 0.3) is 5.69 Å². The summed E-state index contributed by atoms with van der Waals surface area (Å²) in [5.41, 5.74) is 4.07. The normalized spacial score (nSPS) is 10.7. The first-order chi connectivity index (χ1) is 14.6. The Labute approximate surface area is 175 Å². The molecule has 0 radical (unpaired) electrons. The molecule has 4 rings (SSSR count). The largest absolute Gasteiger partial charge is 0.378 e. The average Bonchev–Trinajstić information content (AvgIpc) is 3.39. The molecule has 0 aliphatic rings. The summed E-state index contributed by atoms with van der Waals surface area (Å²) < 4.78 is 3.56. The number of hydrogen-bond acceptors (Lipinski definition) is 4. The first-order valence-electron chi connectivity index (χ1n) is 9.75. The zero-order valence-corrected chi connectivity index (χ0v) is 17.1. The van der Waals surface area contributed by atoms with Crippen molar-refractivity contribution in [2.24, 2.45) is 0 Å². The number of benzene rings is 2. The Balaban J connectivity index is 1.39. The van der Waals surface area contributed by atoms with E-state index in [1.54, 1.807) is 27.8 Å². The number of para-hydroxylation sites is 1. The Hall–Kier alpha value is -3.87. The van der Waals surface area contributed by atoms with Crippen molar-refractivity contribution in [3.8, 4) is 5.69 Å². The zero-order valence-electron chi connectivity index (χ0n) is 17.1. The maximum absolute atomic E-state index is 12.6. The molecule has 0 aliphatic heterocycles. The minimum absolute atomic E-state index is 0.104. The third-order valence-corrected chi connectivity index (χ3v) is 4.79. The van der Waals surface area contributed by atoms with Crippen LogP contribution in [-0.2, 0) is 17.8 Å². The first kappa shape index (κ1) is 19.4. The van der Waals surface area contributed by atoms with Gasteiger partial charge in [-0.1, -0.05) is 30.3 Å². The van der Waals surface area contributed by atoms with Crippen LogP contribution in [0.1, 0.15) is 11.1 Å². The maximum Gasteiger partial charge on any atom is 0.230 e. The fourth-order valence-electron chi connectivity index (χ4n) is 3.18. The lowest BCUT2D eigenvalue weighted by atomic mass is 10.2. The number of hydrogen-bond donors (Lipinski definition) is 1. The number of amides is 1. The molecule has 0 bridgehead atoms. The van der Waals surface area contributed by atoms with E-state index in [9.17, 15) is 4.79 Å². The van der Waals surface area contributed by atoms with Crippen LogP contribution in [0, 0.1) is 0 Å². The number of nitrogens with zero attached hydrogens (tertiary/aromatic N) is 5. The molecule has 0 atom stereocenters. The van der Waals surface area contributed by atoms with E-state index in [4.69, 9.17) is 0 Å². The van der Waals surface area contributed by atoms with Gasteiger partial charge in [0.1, 0.15) is 5.82 Å². The molecule has 0 saturated heterocycles. The fraction of sp³-hybridized carbons (Fsp3) is 0.174. The van der Waals surface area contributed by atoms with Crippen molar-refractivity contribution in [3.05, 3.63) is 90.4 Å². The minimum Gasteiger partial charge on any atom is -0.378 e. The fourth-order valence-corrected chi connectivity index (χ4v) is 3.18. The van der Waals surface area contributed by atoms with Crippen molar-refractivity contribution in [2.45, 2.75) is 13.0 Å². The highest BCUT2D eigenvalue weighted by molar-refractivity contribution is 5.91. The van der Waals surface area contributed by atoms with E-state index in [2.05, 4.69) is 44.7 Å². The van der Waals surface area contributed by atoms with Crippen LogP contribution >= 0.6 is 0 Å². The molecule has 1 N–H and O–H groups in total. The monoisotopic (exact) mass is 400 g/mol. The predicted molar refractivity (Wildman–Crippen MR) is 118 cm³/mol. The summed E-state index contributed by atoms with van der Waals surface area (Å²) in [4.78, 5) is 14.6. The Morgan fingerprint density at radius 1 is 0.967 bits per heavy atom. The van der Waals surface area contributed by atoms with Gasteiger partial charge in [-0.2, -0.15) is 10.2 Å². The summed E-state index contributed by atoms with van der Waals surface area (Å²) in [7, 11) is 4.03. The lowest BCUT2D eigenvalue weighted by Gasteiger charge is -2.13. The molecule has 2 aromatic carbocycles. The third-order valence-electron chi connectivity index (χ3n) is 4.79. The van der Waals surface area contributed by atoms with Gasteiger partial charge in [0.05, 0.1) is 31.0 Å². The molecule has 0 fully saturated rings.